The highest BCUT2D eigenvalue weighted by atomic mass is 35.5. The van der Waals surface area contributed by atoms with Gasteiger partial charge in [0.25, 0.3) is 0 Å². The van der Waals surface area contributed by atoms with E-state index in [1.54, 1.807) is 12.1 Å². The number of carbonyl (C=O) groups excluding carboxylic acids is 1. The number of carbonyl (C=O) groups is 1. The van der Waals surface area contributed by atoms with E-state index in [2.05, 4.69) is 4.98 Å². The summed E-state index contributed by atoms with van der Waals surface area (Å²) in [6.07, 6.45) is 1.43. The van der Waals surface area contributed by atoms with Gasteiger partial charge in [-0.15, -0.1) is 0 Å². The molecule has 0 aliphatic carbocycles. The Hall–Kier alpha value is -2.22. The molecule has 24 heavy (non-hydrogen) atoms. The second kappa shape index (κ2) is 8.58. The maximum atomic E-state index is 13.8. The Morgan fingerprint density at radius 2 is 1.83 bits per heavy atom. The van der Waals surface area contributed by atoms with Crippen LogP contribution in [0.1, 0.15) is 16.1 Å². The number of pyridine rings is 1. The van der Waals surface area contributed by atoms with Crippen molar-refractivity contribution in [2.75, 3.05) is 27.8 Å². The van der Waals surface area contributed by atoms with E-state index in [1.165, 1.54) is 26.5 Å². The average molecular weight is 356 g/mol. The Balaban J connectivity index is 2.44. The maximum absolute atomic E-state index is 13.8. The van der Waals surface area contributed by atoms with Crippen molar-refractivity contribution in [2.24, 2.45) is 0 Å². The van der Waals surface area contributed by atoms with E-state index in [4.69, 9.17) is 30.5 Å². The number of ketones is 1. The predicted molar refractivity (Wildman–Crippen MR) is 84.1 cm³/mol. The topological polar surface area (TPSA) is 66.9 Å². The molecule has 8 heteroatoms. The summed E-state index contributed by atoms with van der Waals surface area (Å²) >= 11 is 5.75. The summed E-state index contributed by atoms with van der Waals surface area (Å²) in [7, 11) is 2.87. The van der Waals surface area contributed by atoms with Crippen LogP contribution in [0.15, 0.2) is 30.5 Å². The monoisotopic (exact) mass is 355 g/mol. The lowest BCUT2D eigenvalue weighted by atomic mass is 10.1. The number of halogens is 2. The van der Waals surface area contributed by atoms with Gasteiger partial charge in [-0.3, -0.25) is 4.79 Å². The van der Waals surface area contributed by atoms with Crippen LogP contribution in [-0.4, -0.2) is 38.6 Å². The molecule has 0 saturated heterocycles. The third-order valence-electron chi connectivity index (χ3n) is 2.92. The maximum Gasteiger partial charge on any atom is 0.218 e. The summed E-state index contributed by atoms with van der Waals surface area (Å²) in [5.74, 6) is -1.04. The van der Waals surface area contributed by atoms with E-state index in [9.17, 15) is 9.18 Å². The van der Waals surface area contributed by atoms with Crippen LogP contribution in [0.25, 0.3) is 0 Å². The van der Waals surface area contributed by atoms with E-state index in [1.807, 2.05) is 0 Å². The van der Waals surface area contributed by atoms with Gasteiger partial charge in [0.2, 0.25) is 5.78 Å². The first-order chi connectivity index (χ1) is 11.6. The predicted octanol–water partition coefficient (Wildman–Crippen LogP) is 3.07. The zero-order valence-corrected chi connectivity index (χ0v) is 13.8. The van der Waals surface area contributed by atoms with Crippen molar-refractivity contribution in [1.82, 2.24) is 4.98 Å². The number of hydrogen-bond acceptors (Lipinski definition) is 6. The Morgan fingerprint density at radius 1 is 1.17 bits per heavy atom. The van der Waals surface area contributed by atoms with Gasteiger partial charge in [-0.2, -0.15) is 0 Å². The zero-order valence-electron chi connectivity index (χ0n) is 13.0. The minimum absolute atomic E-state index is 0.00135. The van der Waals surface area contributed by atoms with Crippen LogP contribution in [0.5, 0.6) is 11.5 Å². The van der Waals surface area contributed by atoms with Crippen molar-refractivity contribution < 1.29 is 28.1 Å². The van der Waals surface area contributed by atoms with Crippen molar-refractivity contribution in [2.45, 2.75) is 0 Å². The lowest BCUT2D eigenvalue weighted by molar-refractivity contribution is 0.0492. The van der Waals surface area contributed by atoms with Crippen molar-refractivity contribution in [3.05, 3.63) is 52.6 Å². The van der Waals surface area contributed by atoms with Crippen LogP contribution >= 0.6 is 11.6 Å². The largest absolute Gasteiger partial charge is 0.467 e. The van der Waals surface area contributed by atoms with E-state index in [-0.39, 0.29) is 41.4 Å². The van der Waals surface area contributed by atoms with Gasteiger partial charge in [-0.05, 0) is 18.2 Å². The van der Waals surface area contributed by atoms with Crippen LogP contribution < -0.4 is 9.47 Å². The summed E-state index contributed by atoms with van der Waals surface area (Å²) < 4.78 is 34.1. The molecular formula is C16H15ClFNO5. The fraction of sp³-hybridized carbons (Fsp3) is 0.250. The summed E-state index contributed by atoms with van der Waals surface area (Å²) in [6.45, 7) is -0.189. The molecular weight excluding hydrogens is 341 g/mol. The van der Waals surface area contributed by atoms with Gasteiger partial charge in [-0.25, -0.2) is 9.37 Å². The van der Waals surface area contributed by atoms with Crippen molar-refractivity contribution >= 4 is 17.4 Å². The highest BCUT2D eigenvalue weighted by Gasteiger charge is 2.22. The molecule has 2 rings (SSSR count). The third kappa shape index (κ3) is 4.19. The Bertz CT molecular complexity index is 726. The molecule has 1 aromatic carbocycles. The molecule has 0 unspecified atom stereocenters. The van der Waals surface area contributed by atoms with Crippen LogP contribution in [0.2, 0.25) is 5.02 Å². The number of aromatic nitrogens is 1. The van der Waals surface area contributed by atoms with Crippen LogP contribution in [0, 0.1) is 5.82 Å². The lowest BCUT2D eigenvalue weighted by Crippen LogP contribution is -2.12. The van der Waals surface area contributed by atoms with E-state index >= 15 is 0 Å². The van der Waals surface area contributed by atoms with Gasteiger partial charge in [0.1, 0.15) is 11.6 Å². The van der Waals surface area contributed by atoms with Gasteiger partial charge in [-0.1, -0.05) is 11.6 Å². The van der Waals surface area contributed by atoms with Gasteiger partial charge in [0, 0.05) is 26.5 Å². The minimum Gasteiger partial charge on any atom is -0.467 e. The molecule has 0 bridgehead atoms. The number of rotatable bonds is 8. The molecule has 0 N–H and O–H groups in total. The number of hydrogen-bond donors (Lipinski definition) is 0. The summed E-state index contributed by atoms with van der Waals surface area (Å²) in [5.41, 5.74) is -0.0477. The van der Waals surface area contributed by atoms with Crippen LogP contribution in [0.3, 0.4) is 0 Å². The standard InChI is InChI=1S/C16H15ClFNO5/c1-21-8-23-13-4-3-5-19-15(13)16(20)10-6-12(18)11(17)7-14(10)24-9-22-2/h3-7H,8-9H2,1-2H3. The highest BCUT2D eigenvalue weighted by Crippen LogP contribution is 2.30. The summed E-state index contributed by atoms with van der Waals surface area (Å²) in [4.78, 5) is 16.8. The molecule has 0 fully saturated rings. The number of nitrogens with zero attached hydrogens (tertiary/aromatic N) is 1. The minimum atomic E-state index is -0.750. The molecule has 0 amide bonds. The van der Waals surface area contributed by atoms with Gasteiger partial charge in [0.05, 0.1) is 10.6 Å². The molecule has 0 radical (unpaired) electrons. The third-order valence-corrected chi connectivity index (χ3v) is 3.21. The van der Waals surface area contributed by atoms with Crippen LogP contribution in [0.4, 0.5) is 4.39 Å². The fourth-order valence-electron chi connectivity index (χ4n) is 1.88. The lowest BCUT2D eigenvalue weighted by Gasteiger charge is -2.13. The Kier molecular flexibility index (Phi) is 6.48. The molecule has 0 aliphatic rings. The molecule has 128 valence electrons. The Morgan fingerprint density at radius 3 is 2.50 bits per heavy atom. The molecule has 0 aliphatic heterocycles. The molecule has 0 spiro atoms. The molecule has 2 aromatic rings. The summed E-state index contributed by atoms with van der Waals surface area (Å²) in [5, 5.41) is -0.172. The fourth-order valence-corrected chi connectivity index (χ4v) is 2.03. The smallest absolute Gasteiger partial charge is 0.218 e. The summed E-state index contributed by atoms with van der Waals surface area (Å²) in [6, 6.07) is 5.36. The number of methoxy groups -OCH3 is 2. The molecule has 0 saturated carbocycles. The van der Waals surface area contributed by atoms with E-state index < -0.39 is 11.6 Å². The van der Waals surface area contributed by atoms with Crippen molar-refractivity contribution in [3.8, 4) is 11.5 Å². The number of benzene rings is 1. The quantitative estimate of drug-likeness (QED) is 0.535. The van der Waals surface area contributed by atoms with Gasteiger partial charge in [0.15, 0.2) is 25.0 Å². The zero-order chi connectivity index (χ0) is 17.5. The Labute approximate surface area is 143 Å². The molecule has 0 atom stereocenters. The molecule has 1 aromatic heterocycles. The highest BCUT2D eigenvalue weighted by molar-refractivity contribution is 6.31. The first-order valence-corrected chi connectivity index (χ1v) is 7.18. The first-order valence-electron chi connectivity index (χ1n) is 6.80. The van der Waals surface area contributed by atoms with Gasteiger partial charge >= 0.3 is 0 Å². The second-order valence-corrected chi connectivity index (χ2v) is 4.95. The van der Waals surface area contributed by atoms with E-state index in [0.717, 1.165) is 6.07 Å². The molecule has 6 nitrogen and oxygen atoms in total. The van der Waals surface area contributed by atoms with Crippen LogP contribution in [-0.2, 0) is 9.47 Å². The first kappa shape index (κ1) is 18.1. The van der Waals surface area contributed by atoms with Crippen molar-refractivity contribution in [3.63, 3.8) is 0 Å². The normalized spacial score (nSPS) is 10.5. The average Bonchev–Trinajstić information content (AvgIpc) is 2.60. The number of ether oxygens (including phenoxy) is 4. The van der Waals surface area contributed by atoms with Gasteiger partial charge < -0.3 is 18.9 Å². The molecule has 1 heterocycles. The second-order valence-electron chi connectivity index (χ2n) is 4.54. The van der Waals surface area contributed by atoms with Crippen molar-refractivity contribution in [1.29, 1.82) is 0 Å². The SMILES string of the molecule is COCOc1cc(Cl)c(F)cc1C(=O)c1ncccc1OCOC. The van der Waals surface area contributed by atoms with E-state index in [0.29, 0.717) is 0 Å².